The molecule has 7 nitrogen and oxygen atoms in total. The lowest BCUT2D eigenvalue weighted by molar-refractivity contribution is 0.0605. The van der Waals surface area contributed by atoms with E-state index in [4.69, 9.17) is 4.74 Å². The molecule has 5 atom stereocenters. The second-order valence-corrected chi connectivity index (χ2v) is 7.02. The first-order chi connectivity index (χ1) is 11.1. The zero-order valence-electron chi connectivity index (χ0n) is 12.8. The fourth-order valence-corrected chi connectivity index (χ4v) is 4.32. The third-order valence-corrected chi connectivity index (χ3v) is 5.49. The lowest BCUT2D eigenvalue weighted by atomic mass is 9.89. The minimum Gasteiger partial charge on any atom is -0.374 e. The second kappa shape index (κ2) is 4.44. The van der Waals surface area contributed by atoms with Crippen LogP contribution in [0.15, 0.2) is 17.1 Å². The molecule has 7 heteroatoms. The predicted molar refractivity (Wildman–Crippen MR) is 81.2 cm³/mol. The van der Waals surface area contributed by atoms with Crippen molar-refractivity contribution in [2.75, 3.05) is 6.54 Å². The summed E-state index contributed by atoms with van der Waals surface area (Å²) in [6, 6.07) is 1.77. The Balaban J connectivity index is 1.32. The number of aromatic nitrogens is 3. The molecule has 1 saturated carbocycles. The summed E-state index contributed by atoms with van der Waals surface area (Å²) in [5, 5.41) is 7.13. The van der Waals surface area contributed by atoms with Crippen molar-refractivity contribution in [2.45, 2.75) is 32.0 Å². The zero-order chi connectivity index (χ0) is 15.7. The number of amides is 1. The topological polar surface area (TPSA) is 88.5 Å². The number of aryl methyl sites for hydroxylation is 1. The lowest BCUT2D eigenvalue weighted by Gasteiger charge is -2.18. The first-order valence-electron chi connectivity index (χ1n) is 8.13. The summed E-state index contributed by atoms with van der Waals surface area (Å²) < 4.78 is 7.46. The first kappa shape index (κ1) is 13.3. The third kappa shape index (κ3) is 1.96. The van der Waals surface area contributed by atoms with Crippen LogP contribution in [0.4, 0.5) is 0 Å². The molecular weight excluding hydrogens is 296 g/mol. The summed E-state index contributed by atoms with van der Waals surface area (Å²) in [6.07, 6.45) is 4.51. The molecule has 0 spiro atoms. The van der Waals surface area contributed by atoms with Crippen LogP contribution in [-0.4, -0.2) is 39.3 Å². The number of carbonyl (C=O) groups excluding carboxylic acids is 1. The van der Waals surface area contributed by atoms with Gasteiger partial charge >= 0.3 is 0 Å². The van der Waals surface area contributed by atoms with E-state index in [-0.39, 0.29) is 17.0 Å². The quantitative estimate of drug-likeness (QED) is 0.863. The maximum atomic E-state index is 12.4. The molecule has 2 bridgehead atoms. The van der Waals surface area contributed by atoms with Crippen molar-refractivity contribution in [3.63, 3.8) is 0 Å². The second-order valence-electron chi connectivity index (χ2n) is 7.02. The van der Waals surface area contributed by atoms with Crippen LogP contribution in [0, 0.1) is 24.7 Å². The minimum absolute atomic E-state index is 0.0916. The van der Waals surface area contributed by atoms with Gasteiger partial charge in [0.05, 0.1) is 17.9 Å². The van der Waals surface area contributed by atoms with Crippen LogP contribution in [0.1, 0.15) is 28.9 Å². The molecule has 120 valence electrons. The van der Waals surface area contributed by atoms with E-state index in [1.807, 2.05) is 6.92 Å². The molecule has 23 heavy (non-hydrogen) atoms. The molecule has 1 aliphatic carbocycles. The van der Waals surface area contributed by atoms with Gasteiger partial charge < -0.3 is 15.0 Å². The van der Waals surface area contributed by atoms with Gasteiger partial charge in [-0.1, -0.05) is 0 Å². The molecule has 2 N–H and O–H groups in total. The lowest BCUT2D eigenvalue weighted by Crippen LogP contribution is -2.37. The van der Waals surface area contributed by atoms with E-state index in [1.54, 1.807) is 6.07 Å². The van der Waals surface area contributed by atoms with Crippen LogP contribution in [0.5, 0.6) is 0 Å². The number of hydrogen-bond acceptors (Lipinski definition) is 4. The fraction of sp³-hybridized carbons (Fsp3) is 0.562. The number of H-pyrrole nitrogens is 1. The summed E-state index contributed by atoms with van der Waals surface area (Å²) >= 11 is 0. The van der Waals surface area contributed by atoms with E-state index in [0.29, 0.717) is 36.2 Å². The Labute approximate surface area is 132 Å². The van der Waals surface area contributed by atoms with Crippen molar-refractivity contribution >= 4 is 11.6 Å². The molecule has 4 heterocycles. The van der Waals surface area contributed by atoms with Gasteiger partial charge in [-0.15, -0.1) is 0 Å². The molecule has 3 aliphatic rings. The highest BCUT2D eigenvalue weighted by Gasteiger charge is 2.62. The van der Waals surface area contributed by atoms with Crippen molar-refractivity contribution in [3.8, 4) is 0 Å². The SMILES string of the molecule is Cc1cc2[nH]c(=O)c(C(=O)NC[C@@H]3C[C@@H]4O[C@H]3[C@H]3C[C@H]34)cn2n1. The minimum atomic E-state index is -0.388. The molecule has 0 unspecified atom stereocenters. The average molecular weight is 314 g/mol. The molecule has 2 aromatic heterocycles. The van der Waals surface area contributed by atoms with Gasteiger partial charge in [0.2, 0.25) is 0 Å². The highest BCUT2D eigenvalue weighted by Crippen LogP contribution is 2.60. The molecule has 0 aromatic carbocycles. The largest absolute Gasteiger partial charge is 0.374 e. The van der Waals surface area contributed by atoms with Gasteiger partial charge in [0.1, 0.15) is 11.2 Å². The molecule has 0 radical (unpaired) electrons. The van der Waals surface area contributed by atoms with E-state index in [2.05, 4.69) is 15.4 Å². The van der Waals surface area contributed by atoms with Crippen LogP contribution >= 0.6 is 0 Å². The predicted octanol–water partition coefficient (Wildman–Crippen LogP) is 0.484. The van der Waals surface area contributed by atoms with Crippen LogP contribution < -0.4 is 10.9 Å². The van der Waals surface area contributed by atoms with Crippen molar-refractivity contribution < 1.29 is 9.53 Å². The Morgan fingerprint density at radius 1 is 1.48 bits per heavy atom. The Morgan fingerprint density at radius 2 is 2.35 bits per heavy atom. The molecule has 2 aromatic rings. The normalized spacial score (nSPS) is 33.9. The number of rotatable bonds is 3. The standard InChI is InChI=1S/C16H18N4O3/c1-7-2-13-18-16(22)11(6-20(13)19-7)15(21)17-5-8-3-12-9-4-10(9)14(8)23-12/h2,6,8-10,12,14H,3-5H2,1H3,(H,17,21)(H,18,22)/t8-,9+,10-,12-,14+/m0/s1. The molecular formula is C16H18N4O3. The van der Waals surface area contributed by atoms with E-state index >= 15 is 0 Å². The Hall–Kier alpha value is -2.15. The molecule has 2 saturated heterocycles. The number of carbonyl (C=O) groups is 1. The molecule has 1 amide bonds. The molecule has 5 rings (SSSR count). The van der Waals surface area contributed by atoms with Crippen LogP contribution in [0.3, 0.4) is 0 Å². The Morgan fingerprint density at radius 3 is 3.13 bits per heavy atom. The summed E-state index contributed by atoms with van der Waals surface area (Å²) in [6.45, 7) is 2.41. The zero-order valence-corrected chi connectivity index (χ0v) is 12.8. The first-order valence-corrected chi connectivity index (χ1v) is 8.13. The van der Waals surface area contributed by atoms with E-state index in [9.17, 15) is 9.59 Å². The maximum Gasteiger partial charge on any atom is 0.263 e. The van der Waals surface area contributed by atoms with Gasteiger partial charge in [0.25, 0.3) is 11.5 Å². The monoisotopic (exact) mass is 314 g/mol. The van der Waals surface area contributed by atoms with E-state index in [1.165, 1.54) is 17.1 Å². The van der Waals surface area contributed by atoms with Gasteiger partial charge in [-0.3, -0.25) is 9.59 Å². The van der Waals surface area contributed by atoms with Gasteiger partial charge in [-0.05, 0) is 31.6 Å². The van der Waals surface area contributed by atoms with Crippen molar-refractivity contribution in [2.24, 2.45) is 17.8 Å². The fourth-order valence-electron chi connectivity index (χ4n) is 4.32. The van der Waals surface area contributed by atoms with Crippen molar-refractivity contribution in [1.82, 2.24) is 19.9 Å². The molecule has 2 aliphatic heterocycles. The third-order valence-electron chi connectivity index (χ3n) is 5.49. The highest BCUT2D eigenvalue weighted by molar-refractivity contribution is 5.93. The van der Waals surface area contributed by atoms with Crippen molar-refractivity contribution in [3.05, 3.63) is 33.9 Å². The van der Waals surface area contributed by atoms with E-state index in [0.717, 1.165) is 18.0 Å². The van der Waals surface area contributed by atoms with E-state index < -0.39 is 0 Å². The van der Waals surface area contributed by atoms with Gasteiger partial charge in [0.15, 0.2) is 0 Å². The van der Waals surface area contributed by atoms with Crippen LogP contribution in [0.25, 0.3) is 5.65 Å². The summed E-state index contributed by atoms with van der Waals surface area (Å²) in [5.41, 5.74) is 1.08. The summed E-state index contributed by atoms with van der Waals surface area (Å²) in [4.78, 5) is 27.1. The van der Waals surface area contributed by atoms with Gasteiger partial charge in [-0.2, -0.15) is 5.10 Å². The van der Waals surface area contributed by atoms with Crippen molar-refractivity contribution in [1.29, 1.82) is 0 Å². The highest BCUT2D eigenvalue weighted by atomic mass is 16.5. The molecule has 3 fully saturated rings. The Bertz CT molecular complexity index is 870. The maximum absolute atomic E-state index is 12.4. The summed E-state index contributed by atoms with van der Waals surface area (Å²) in [7, 11) is 0. The number of fused-ring (bicyclic) bond motifs is 6. The number of ether oxygens (including phenoxy) is 1. The van der Waals surface area contributed by atoms with Crippen LogP contribution in [0.2, 0.25) is 0 Å². The van der Waals surface area contributed by atoms with Gasteiger partial charge in [0, 0.05) is 24.7 Å². The number of nitrogens with zero attached hydrogens (tertiary/aromatic N) is 2. The summed E-state index contributed by atoms with van der Waals surface area (Å²) in [5.74, 6) is 1.52. The van der Waals surface area contributed by atoms with Crippen LogP contribution in [-0.2, 0) is 4.74 Å². The smallest absolute Gasteiger partial charge is 0.263 e. The Kier molecular flexibility index (Phi) is 2.57. The number of hydrogen-bond donors (Lipinski definition) is 2. The van der Waals surface area contributed by atoms with Gasteiger partial charge in [-0.25, -0.2) is 4.52 Å². The average Bonchev–Trinajstić information content (AvgIpc) is 2.94. The number of nitrogens with one attached hydrogen (secondary N) is 2. The number of aromatic amines is 1.